The number of piperidine rings is 1. The molecule has 1 spiro atoms. The summed E-state index contributed by atoms with van der Waals surface area (Å²) in [6.07, 6.45) is 0.338. The van der Waals surface area contributed by atoms with Crippen molar-refractivity contribution in [2.75, 3.05) is 26.7 Å². The molecule has 0 bridgehead atoms. The smallest absolute Gasteiger partial charge is 0.324 e. The van der Waals surface area contributed by atoms with Crippen LogP contribution in [0.5, 0.6) is 0 Å². The lowest BCUT2D eigenvalue weighted by Crippen LogP contribution is -2.55. The van der Waals surface area contributed by atoms with Crippen molar-refractivity contribution in [3.63, 3.8) is 0 Å². The van der Waals surface area contributed by atoms with Gasteiger partial charge in [-0.3, -0.25) is 9.69 Å². The molecule has 1 atom stereocenters. The third-order valence-electron chi connectivity index (χ3n) is 5.10. The second-order valence-electron chi connectivity index (χ2n) is 6.69. The van der Waals surface area contributed by atoms with Gasteiger partial charge in [0.1, 0.15) is 11.4 Å². The molecular formula is C17H22FN3O3. The van der Waals surface area contributed by atoms with Crippen LogP contribution in [0.4, 0.5) is 9.18 Å². The van der Waals surface area contributed by atoms with E-state index in [0.29, 0.717) is 38.0 Å². The maximum absolute atomic E-state index is 13.2. The molecular weight excluding hydrogens is 313 g/mol. The molecule has 0 radical (unpaired) electrons. The van der Waals surface area contributed by atoms with Gasteiger partial charge in [0.05, 0.1) is 6.10 Å². The molecule has 1 aromatic carbocycles. The molecule has 2 heterocycles. The van der Waals surface area contributed by atoms with Gasteiger partial charge in [0.15, 0.2) is 0 Å². The van der Waals surface area contributed by atoms with Crippen molar-refractivity contribution in [1.29, 1.82) is 0 Å². The summed E-state index contributed by atoms with van der Waals surface area (Å²) in [4.78, 5) is 27.1. The fourth-order valence-corrected chi connectivity index (χ4v) is 3.57. The minimum Gasteiger partial charge on any atom is -0.387 e. The Kier molecular flexibility index (Phi) is 4.31. The summed E-state index contributed by atoms with van der Waals surface area (Å²) < 4.78 is 13.2. The van der Waals surface area contributed by atoms with Crippen LogP contribution in [0.25, 0.3) is 0 Å². The number of aliphatic hydroxyl groups excluding tert-OH is 1. The Morgan fingerprint density at radius 3 is 2.54 bits per heavy atom. The predicted molar refractivity (Wildman–Crippen MR) is 85.8 cm³/mol. The number of aryl methyl sites for hydroxylation is 1. The van der Waals surface area contributed by atoms with Gasteiger partial charge in [0.2, 0.25) is 0 Å². The van der Waals surface area contributed by atoms with Crippen LogP contribution in [0.15, 0.2) is 18.2 Å². The number of halogens is 1. The molecule has 3 rings (SSSR count). The van der Waals surface area contributed by atoms with Crippen molar-refractivity contribution in [2.24, 2.45) is 0 Å². The number of hydrogen-bond donors (Lipinski definition) is 2. The number of urea groups is 1. The van der Waals surface area contributed by atoms with E-state index in [1.165, 1.54) is 19.2 Å². The Balaban J connectivity index is 1.61. The number of likely N-dealkylation sites (tertiary alicyclic amines) is 1. The van der Waals surface area contributed by atoms with Crippen molar-refractivity contribution in [2.45, 2.75) is 31.4 Å². The van der Waals surface area contributed by atoms with Gasteiger partial charge in [-0.15, -0.1) is 0 Å². The first-order valence-corrected chi connectivity index (χ1v) is 8.09. The highest BCUT2D eigenvalue weighted by atomic mass is 19.1. The monoisotopic (exact) mass is 335 g/mol. The molecule has 0 saturated carbocycles. The maximum atomic E-state index is 13.2. The number of amides is 3. The number of nitrogens with one attached hydrogen (secondary N) is 1. The molecule has 0 aliphatic carbocycles. The second kappa shape index (κ2) is 6.14. The van der Waals surface area contributed by atoms with E-state index in [4.69, 9.17) is 0 Å². The lowest BCUT2D eigenvalue weighted by atomic mass is 9.87. The number of aliphatic hydroxyl groups is 1. The van der Waals surface area contributed by atoms with E-state index >= 15 is 0 Å². The number of rotatable bonds is 3. The second-order valence-corrected chi connectivity index (χ2v) is 6.69. The van der Waals surface area contributed by atoms with E-state index in [2.05, 4.69) is 10.2 Å². The van der Waals surface area contributed by atoms with E-state index in [-0.39, 0.29) is 17.8 Å². The predicted octanol–water partition coefficient (Wildman–Crippen LogP) is 1.18. The summed E-state index contributed by atoms with van der Waals surface area (Å²) in [6.45, 7) is 3.41. The van der Waals surface area contributed by atoms with Crippen LogP contribution in [0.3, 0.4) is 0 Å². The van der Waals surface area contributed by atoms with Crippen LogP contribution in [0.1, 0.15) is 30.1 Å². The van der Waals surface area contributed by atoms with Crippen LogP contribution in [0, 0.1) is 12.7 Å². The number of benzene rings is 1. The summed E-state index contributed by atoms with van der Waals surface area (Å²) in [5.41, 5.74) is 0.636. The van der Waals surface area contributed by atoms with Crippen molar-refractivity contribution < 1.29 is 19.1 Å². The average molecular weight is 335 g/mol. The molecule has 2 N–H and O–H groups in total. The molecule has 130 valence electrons. The Morgan fingerprint density at radius 2 is 2.00 bits per heavy atom. The van der Waals surface area contributed by atoms with E-state index in [1.54, 1.807) is 13.0 Å². The summed E-state index contributed by atoms with van der Waals surface area (Å²) in [7, 11) is 1.49. The molecule has 7 heteroatoms. The highest BCUT2D eigenvalue weighted by Gasteiger charge is 2.50. The molecule has 2 saturated heterocycles. The van der Waals surface area contributed by atoms with Gasteiger partial charge in [-0.05, 0) is 43.0 Å². The summed E-state index contributed by atoms with van der Waals surface area (Å²) >= 11 is 0. The zero-order valence-corrected chi connectivity index (χ0v) is 13.9. The van der Waals surface area contributed by atoms with Gasteiger partial charge >= 0.3 is 6.03 Å². The van der Waals surface area contributed by atoms with Gasteiger partial charge in [-0.2, -0.15) is 0 Å². The summed E-state index contributed by atoms with van der Waals surface area (Å²) in [6, 6.07) is 4.01. The van der Waals surface area contributed by atoms with Gasteiger partial charge in [-0.25, -0.2) is 9.18 Å². The van der Waals surface area contributed by atoms with Crippen LogP contribution < -0.4 is 5.32 Å². The van der Waals surface area contributed by atoms with Gasteiger partial charge in [-0.1, -0.05) is 6.07 Å². The first kappa shape index (κ1) is 16.9. The molecule has 3 amide bonds. The number of imide groups is 1. The zero-order chi connectivity index (χ0) is 17.5. The Morgan fingerprint density at radius 1 is 1.33 bits per heavy atom. The molecule has 6 nitrogen and oxygen atoms in total. The van der Waals surface area contributed by atoms with E-state index < -0.39 is 11.6 Å². The largest absolute Gasteiger partial charge is 0.387 e. The minimum absolute atomic E-state index is 0.179. The third kappa shape index (κ3) is 2.89. The number of likely N-dealkylation sites (N-methyl/N-ethyl adjacent to an activating group) is 1. The highest BCUT2D eigenvalue weighted by molar-refractivity contribution is 6.06. The standard InChI is InChI=1S/C17H22FN3O3/c1-11-9-12(18)3-4-13(11)14(22)10-21-7-5-17(6-8-21)15(23)20(2)16(24)19-17/h3-4,9,14,22H,5-8,10H2,1-2H3,(H,19,24). The number of β-amino-alcohol motifs (C(OH)–C–C–N with tert-alkyl or cyclic N) is 1. The van der Waals surface area contributed by atoms with Gasteiger partial charge < -0.3 is 15.3 Å². The first-order valence-electron chi connectivity index (χ1n) is 8.09. The SMILES string of the molecule is Cc1cc(F)ccc1C(O)CN1CCC2(CC1)NC(=O)N(C)C2=O. The van der Waals surface area contributed by atoms with Crippen molar-refractivity contribution in [3.05, 3.63) is 35.1 Å². The fourth-order valence-electron chi connectivity index (χ4n) is 3.57. The van der Waals surface area contributed by atoms with Crippen molar-refractivity contribution in [1.82, 2.24) is 15.1 Å². The Bertz CT molecular complexity index is 671. The number of hydrogen-bond acceptors (Lipinski definition) is 4. The minimum atomic E-state index is -0.793. The number of nitrogens with zero attached hydrogens (tertiary/aromatic N) is 2. The Labute approximate surface area is 140 Å². The van der Waals surface area contributed by atoms with Crippen molar-refractivity contribution >= 4 is 11.9 Å². The normalized spacial score (nSPS) is 22.1. The van der Waals surface area contributed by atoms with Crippen molar-refractivity contribution in [3.8, 4) is 0 Å². The lowest BCUT2D eigenvalue weighted by molar-refractivity contribution is -0.132. The molecule has 2 aliphatic heterocycles. The highest BCUT2D eigenvalue weighted by Crippen LogP contribution is 2.30. The van der Waals surface area contributed by atoms with Gasteiger partial charge in [0.25, 0.3) is 5.91 Å². The van der Waals surface area contributed by atoms with E-state index in [9.17, 15) is 19.1 Å². The van der Waals surface area contributed by atoms with Gasteiger partial charge in [0, 0.05) is 26.7 Å². The van der Waals surface area contributed by atoms with Crippen LogP contribution in [-0.2, 0) is 4.79 Å². The molecule has 2 fully saturated rings. The topological polar surface area (TPSA) is 72.9 Å². The number of carbonyl (C=O) groups excluding carboxylic acids is 2. The van der Waals surface area contributed by atoms with Crippen LogP contribution in [0.2, 0.25) is 0 Å². The molecule has 24 heavy (non-hydrogen) atoms. The quantitative estimate of drug-likeness (QED) is 0.814. The zero-order valence-electron chi connectivity index (χ0n) is 13.9. The van der Waals surface area contributed by atoms with Crippen LogP contribution in [-0.4, -0.2) is 59.1 Å². The molecule has 2 aliphatic rings. The molecule has 1 unspecified atom stereocenters. The van der Waals surface area contributed by atoms with E-state index in [1.807, 2.05) is 0 Å². The molecule has 0 aromatic heterocycles. The molecule has 1 aromatic rings. The number of carbonyl (C=O) groups is 2. The maximum Gasteiger partial charge on any atom is 0.324 e. The third-order valence-corrected chi connectivity index (χ3v) is 5.10. The van der Waals surface area contributed by atoms with Crippen LogP contribution >= 0.6 is 0 Å². The fraction of sp³-hybridized carbons (Fsp3) is 0.529. The summed E-state index contributed by atoms with van der Waals surface area (Å²) in [5, 5.41) is 13.2. The lowest BCUT2D eigenvalue weighted by Gasteiger charge is -2.38. The summed E-state index contributed by atoms with van der Waals surface area (Å²) in [5.74, 6) is -0.495. The van der Waals surface area contributed by atoms with E-state index in [0.717, 1.165) is 10.5 Å². The average Bonchev–Trinajstić information content (AvgIpc) is 2.74. The first-order chi connectivity index (χ1) is 11.3. The Hall–Kier alpha value is -1.99.